The summed E-state index contributed by atoms with van der Waals surface area (Å²) in [5.74, 6) is 1.64. The number of carbonyl (C=O) groups excluding carboxylic acids is 1. The van der Waals surface area contributed by atoms with E-state index in [1.807, 2.05) is 0 Å². The lowest BCUT2D eigenvalue weighted by molar-refractivity contribution is -0.160. The lowest BCUT2D eigenvalue weighted by Gasteiger charge is -2.44. The number of carbonyl (C=O) groups is 1. The molecule has 5 heteroatoms. The number of fused-ring (bicyclic) bond motifs is 3. The molecule has 23 heavy (non-hydrogen) atoms. The smallest absolute Gasteiger partial charge is 0.280 e. The number of aromatic hydroxyl groups is 1. The summed E-state index contributed by atoms with van der Waals surface area (Å²) in [5.41, 5.74) is 0.0351. The second-order valence-corrected chi connectivity index (χ2v) is 7.14. The Kier molecular flexibility index (Phi) is 3.48. The molecule has 2 saturated heterocycles. The first-order valence-electron chi connectivity index (χ1n) is 8.66. The van der Waals surface area contributed by atoms with E-state index in [4.69, 9.17) is 4.74 Å². The number of phenolic OH excluding ortho intramolecular Hbond substituents is 1. The predicted octanol–water partition coefficient (Wildman–Crippen LogP) is 2.21. The molecular formula is C18H24N2O3. The minimum atomic E-state index is -0.938. The Bertz CT molecular complexity index is 625. The molecule has 0 radical (unpaired) electrons. The molecule has 2 atom stereocenters. The molecule has 5 nitrogen and oxygen atoms in total. The third-order valence-electron chi connectivity index (χ3n) is 5.64. The quantitative estimate of drug-likeness (QED) is 0.834. The molecule has 3 heterocycles. The number of ether oxygens (including phenoxy) is 1. The van der Waals surface area contributed by atoms with Crippen LogP contribution in [0.4, 0.5) is 0 Å². The number of likely N-dealkylation sites (tertiary alicyclic amines) is 1. The van der Waals surface area contributed by atoms with Crippen LogP contribution in [0.2, 0.25) is 0 Å². The van der Waals surface area contributed by atoms with Gasteiger partial charge in [-0.1, -0.05) is 6.92 Å². The van der Waals surface area contributed by atoms with Crippen LogP contribution in [0.15, 0.2) is 18.2 Å². The Balaban J connectivity index is 1.78. The summed E-state index contributed by atoms with van der Waals surface area (Å²) < 4.78 is 6.32. The van der Waals surface area contributed by atoms with Gasteiger partial charge in [-0.3, -0.25) is 9.69 Å². The van der Waals surface area contributed by atoms with E-state index in [9.17, 15) is 9.90 Å². The number of nitrogens with one attached hydrogen (secondary N) is 1. The van der Waals surface area contributed by atoms with Gasteiger partial charge in [0.25, 0.3) is 5.91 Å². The summed E-state index contributed by atoms with van der Waals surface area (Å²) in [5, 5.41) is 12.9. The van der Waals surface area contributed by atoms with Gasteiger partial charge in [0.15, 0.2) is 0 Å². The molecular weight excluding hydrogens is 292 g/mol. The van der Waals surface area contributed by atoms with Crippen LogP contribution >= 0.6 is 0 Å². The van der Waals surface area contributed by atoms with Crippen molar-refractivity contribution in [2.45, 2.75) is 44.2 Å². The third-order valence-corrected chi connectivity index (χ3v) is 5.64. The summed E-state index contributed by atoms with van der Waals surface area (Å²) in [7, 11) is 0. The van der Waals surface area contributed by atoms with Gasteiger partial charge < -0.3 is 15.2 Å². The van der Waals surface area contributed by atoms with Gasteiger partial charge in [0.1, 0.15) is 11.5 Å². The normalized spacial score (nSPS) is 31.7. The fourth-order valence-electron chi connectivity index (χ4n) is 4.31. The number of rotatable bonds is 1. The van der Waals surface area contributed by atoms with Gasteiger partial charge in [0.2, 0.25) is 5.72 Å². The maximum atomic E-state index is 13.0. The van der Waals surface area contributed by atoms with Crippen molar-refractivity contribution in [3.8, 4) is 11.5 Å². The van der Waals surface area contributed by atoms with Gasteiger partial charge in [-0.05, 0) is 49.8 Å². The Morgan fingerprint density at radius 3 is 2.87 bits per heavy atom. The third kappa shape index (κ3) is 2.21. The highest BCUT2D eigenvalue weighted by Crippen LogP contribution is 2.51. The number of phenols is 1. The van der Waals surface area contributed by atoms with Crippen LogP contribution in [0, 0.1) is 5.92 Å². The largest absolute Gasteiger partial charge is 0.508 e. The Morgan fingerprint density at radius 1 is 1.30 bits per heavy atom. The van der Waals surface area contributed by atoms with E-state index in [2.05, 4.69) is 17.1 Å². The second kappa shape index (κ2) is 5.41. The summed E-state index contributed by atoms with van der Waals surface area (Å²) in [4.78, 5) is 15.2. The second-order valence-electron chi connectivity index (χ2n) is 7.14. The van der Waals surface area contributed by atoms with Crippen LogP contribution in [0.5, 0.6) is 11.5 Å². The van der Waals surface area contributed by atoms with Crippen LogP contribution < -0.4 is 10.1 Å². The van der Waals surface area contributed by atoms with Crippen LogP contribution in [0.25, 0.3) is 0 Å². The van der Waals surface area contributed by atoms with Crippen molar-refractivity contribution in [2.24, 2.45) is 5.92 Å². The molecule has 0 unspecified atom stereocenters. The van der Waals surface area contributed by atoms with Gasteiger partial charge in [0.05, 0.1) is 5.92 Å². The summed E-state index contributed by atoms with van der Waals surface area (Å²) in [6, 6.07) is 5.20. The molecule has 4 rings (SSSR count). The summed E-state index contributed by atoms with van der Waals surface area (Å²) in [6.45, 7) is 4.72. The summed E-state index contributed by atoms with van der Waals surface area (Å²) >= 11 is 0. The molecule has 0 saturated carbocycles. The van der Waals surface area contributed by atoms with E-state index >= 15 is 0 Å². The lowest BCUT2D eigenvalue weighted by Crippen LogP contribution is -2.64. The van der Waals surface area contributed by atoms with Gasteiger partial charge in [-0.25, -0.2) is 0 Å². The van der Waals surface area contributed by atoms with Gasteiger partial charge in [-0.15, -0.1) is 0 Å². The minimum absolute atomic E-state index is 0.0134. The SMILES string of the molecule is CC1CCN([C@]23Oc4ccc(O)cc4[C@H]2CCCNC3=O)CC1. The van der Waals surface area contributed by atoms with E-state index < -0.39 is 5.72 Å². The van der Waals surface area contributed by atoms with Crippen molar-refractivity contribution in [2.75, 3.05) is 19.6 Å². The van der Waals surface area contributed by atoms with Gasteiger partial charge in [0, 0.05) is 25.2 Å². The van der Waals surface area contributed by atoms with Crippen LogP contribution in [0.1, 0.15) is 44.1 Å². The first-order chi connectivity index (χ1) is 11.1. The van der Waals surface area contributed by atoms with Crippen molar-refractivity contribution in [3.63, 3.8) is 0 Å². The maximum Gasteiger partial charge on any atom is 0.280 e. The predicted molar refractivity (Wildman–Crippen MR) is 86.4 cm³/mol. The summed E-state index contributed by atoms with van der Waals surface area (Å²) in [6.07, 6.45) is 4.00. The molecule has 3 aliphatic rings. The standard InChI is InChI=1S/C18H24N2O3/c1-12-6-9-20(10-7-12)18-15(3-2-8-19-17(18)22)14-11-13(21)4-5-16(14)23-18/h4-5,11-12,15,21H,2-3,6-10H2,1H3,(H,19,22)/t15-,18+/m1/s1. The minimum Gasteiger partial charge on any atom is -0.508 e. The Hall–Kier alpha value is -1.75. The zero-order chi connectivity index (χ0) is 16.0. The zero-order valence-corrected chi connectivity index (χ0v) is 13.5. The highest BCUT2D eigenvalue weighted by molar-refractivity contribution is 5.88. The number of benzene rings is 1. The van der Waals surface area contributed by atoms with Crippen molar-refractivity contribution in [1.82, 2.24) is 10.2 Å². The average Bonchev–Trinajstić information content (AvgIpc) is 2.77. The molecule has 0 aromatic heterocycles. The maximum absolute atomic E-state index is 13.0. The molecule has 0 aliphatic carbocycles. The zero-order valence-electron chi connectivity index (χ0n) is 13.5. The van der Waals surface area contributed by atoms with E-state index in [1.54, 1.807) is 18.2 Å². The number of piperidine rings is 1. The molecule has 1 amide bonds. The van der Waals surface area contributed by atoms with E-state index in [-0.39, 0.29) is 17.6 Å². The van der Waals surface area contributed by atoms with Gasteiger partial charge >= 0.3 is 0 Å². The van der Waals surface area contributed by atoms with Crippen molar-refractivity contribution < 1.29 is 14.6 Å². The van der Waals surface area contributed by atoms with Crippen LogP contribution in [-0.4, -0.2) is 41.3 Å². The lowest BCUT2D eigenvalue weighted by atomic mass is 9.84. The molecule has 0 spiro atoms. The Morgan fingerprint density at radius 2 is 2.09 bits per heavy atom. The first kappa shape index (κ1) is 14.8. The van der Waals surface area contributed by atoms with Crippen LogP contribution in [-0.2, 0) is 4.79 Å². The van der Waals surface area contributed by atoms with Crippen molar-refractivity contribution >= 4 is 5.91 Å². The number of amides is 1. The van der Waals surface area contributed by atoms with E-state index in [0.717, 1.165) is 50.1 Å². The topological polar surface area (TPSA) is 61.8 Å². The molecule has 2 fully saturated rings. The molecule has 124 valence electrons. The Labute approximate surface area is 136 Å². The monoisotopic (exact) mass is 316 g/mol. The highest BCUT2D eigenvalue weighted by Gasteiger charge is 2.58. The number of nitrogens with zero attached hydrogens (tertiary/aromatic N) is 1. The number of hydrogen-bond donors (Lipinski definition) is 2. The molecule has 3 aliphatic heterocycles. The average molecular weight is 316 g/mol. The molecule has 1 aromatic carbocycles. The van der Waals surface area contributed by atoms with Crippen molar-refractivity contribution in [3.05, 3.63) is 23.8 Å². The molecule has 2 N–H and O–H groups in total. The van der Waals surface area contributed by atoms with E-state index in [0.29, 0.717) is 12.5 Å². The molecule has 1 aromatic rings. The first-order valence-corrected chi connectivity index (χ1v) is 8.66. The molecule has 0 bridgehead atoms. The van der Waals surface area contributed by atoms with Crippen LogP contribution in [0.3, 0.4) is 0 Å². The van der Waals surface area contributed by atoms with E-state index in [1.165, 1.54) is 0 Å². The highest BCUT2D eigenvalue weighted by atomic mass is 16.5. The van der Waals surface area contributed by atoms with Gasteiger partial charge in [-0.2, -0.15) is 0 Å². The van der Waals surface area contributed by atoms with Crippen molar-refractivity contribution in [1.29, 1.82) is 0 Å². The fraction of sp³-hybridized carbons (Fsp3) is 0.611. The number of hydrogen-bond acceptors (Lipinski definition) is 4. The fourth-order valence-corrected chi connectivity index (χ4v) is 4.31.